The lowest BCUT2D eigenvalue weighted by Crippen LogP contribution is -2.53. The second-order valence-electron chi connectivity index (χ2n) is 5.18. The number of nitrogen functional groups attached to an aromatic ring is 1. The van der Waals surface area contributed by atoms with Crippen LogP contribution in [0.3, 0.4) is 0 Å². The Kier molecular flexibility index (Phi) is 3.18. The van der Waals surface area contributed by atoms with E-state index in [0.29, 0.717) is 26.1 Å². The lowest BCUT2D eigenvalue weighted by molar-refractivity contribution is -0.130. The summed E-state index contributed by atoms with van der Waals surface area (Å²) in [6, 6.07) is 6.50. The van der Waals surface area contributed by atoms with Crippen LogP contribution in [0.5, 0.6) is 0 Å². The molecule has 0 aromatic heterocycles. The smallest absolute Gasteiger partial charge is 0.245 e. The molecule has 1 aromatic rings. The Morgan fingerprint density at radius 3 is 2.70 bits per heavy atom. The van der Waals surface area contributed by atoms with Crippen LogP contribution in [0, 0.1) is 0 Å². The minimum Gasteiger partial charge on any atom is -0.398 e. The van der Waals surface area contributed by atoms with Crippen molar-refractivity contribution in [2.45, 2.75) is 23.8 Å². The van der Waals surface area contributed by atoms with Crippen molar-refractivity contribution >= 4 is 21.6 Å². The number of sulfonamides is 1. The quantitative estimate of drug-likeness (QED) is 0.794. The molecule has 0 spiro atoms. The molecular weight excluding hydrogens is 278 g/mol. The molecular formula is C13H17N3O3S. The Hall–Kier alpha value is -1.60. The maximum atomic E-state index is 12.6. The second-order valence-corrected chi connectivity index (χ2v) is 7.09. The number of piperazine rings is 1. The van der Waals surface area contributed by atoms with Crippen LogP contribution in [-0.2, 0) is 14.8 Å². The molecule has 0 bridgehead atoms. The third kappa shape index (κ3) is 2.06. The van der Waals surface area contributed by atoms with Gasteiger partial charge in [0, 0.05) is 32.1 Å². The highest BCUT2D eigenvalue weighted by Crippen LogP contribution is 2.28. The van der Waals surface area contributed by atoms with Gasteiger partial charge in [0.15, 0.2) is 0 Å². The predicted octanol–water partition coefficient (Wildman–Crippen LogP) is 0.264. The molecule has 1 aromatic carbocycles. The highest BCUT2D eigenvalue weighted by atomic mass is 32.2. The van der Waals surface area contributed by atoms with E-state index in [1.807, 2.05) is 0 Å². The molecule has 0 aliphatic carbocycles. The molecule has 6 nitrogen and oxygen atoms in total. The highest BCUT2D eigenvalue weighted by molar-refractivity contribution is 7.89. The van der Waals surface area contributed by atoms with E-state index in [0.717, 1.165) is 6.42 Å². The molecule has 3 rings (SSSR count). The number of nitrogens with zero attached hydrogens (tertiary/aromatic N) is 2. The van der Waals surface area contributed by atoms with Gasteiger partial charge >= 0.3 is 0 Å². The Morgan fingerprint density at radius 1 is 1.20 bits per heavy atom. The van der Waals surface area contributed by atoms with Crippen LogP contribution in [0.4, 0.5) is 5.69 Å². The van der Waals surface area contributed by atoms with Crippen LogP contribution < -0.4 is 5.73 Å². The van der Waals surface area contributed by atoms with Gasteiger partial charge in [-0.15, -0.1) is 0 Å². The average molecular weight is 295 g/mol. The maximum Gasteiger partial charge on any atom is 0.245 e. The van der Waals surface area contributed by atoms with Crippen molar-refractivity contribution in [1.82, 2.24) is 9.21 Å². The number of amides is 1. The zero-order valence-corrected chi connectivity index (χ0v) is 11.8. The van der Waals surface area contributed by atoms with Crippen LogP contribution >= 0.6 is 0 Å². The Balaban J connectivity index is 1.87. The number of hydrogen-bond acceptors (Lipinski definition) is 4. The molecule has 7 heteroatoms. The van der Waals surface area contributed by atoms with Crippen molar-refractivity contribution in [3.05, 3.63) is 24.3 Å². The van der Waals surface area contributed by atoms with Crippen LogP contribution in [0.1, 0.15) is 12.8 Å². The number of benzene rings is 1. The molecule has 1 atom stereocenters. The monoisotopic (exact) mass is 295 g/mol. The van der Waals surface area contributed by atoms with E-state index in [4.69, 9.17) is 5.73 Å². The molecule has 2 heterocycles. The van der Waals surface area contributed by atoms with Gasteiger partial charge in [0.1, 0.15) is 4.90 Å². The van der Waals surface area contributed by atoms with Gasteiger partial charge in [0.05, 0.1) is 5.69 Å². The number of rotatable bonds is 2. The SMILES string of the molecule is Nc1ccccc1S(=O)(=O)N1CCN2C(=O)CCC2C1. The number of carbonyl (C=O) groups excluding carboxylic acids is 1. The van der Waals surface area contributed by atoms with Gasteiger partial charge in [0.2, 0.25) is 15.9 Å². The molecule has 20 heavy (non-hydrogen) atoms. The van der Waals surface area contributed by atoms with Gasteiger partial charge in [-0.3, -0.25) is 4.79 Å². The van der Waals surface area contributed by atoms with E-state index in [1.54, 1.807) is 23.1 Å². The van der Waals surface area contributed by atoms with Crippen LogP contribution in [0.25, 0.3) is 0 Å². The average Bonchev–Trinajstić information content (AvgIpc) is 2.80. The lowest BCUT2D eigenvalue weighted by Gasteiger charge is -2.36. The molecule has 1 unspecified atom stereocenters. The first-order chi connectivity index (χ1) is 9.50. The van der Waals surface area contributed by atoms with E-state index in [9.17, 15) is 13.2 Å². The molecule has 108 valence electrons. The minimum atomic E-state index is -3.58. The zero-order valence-electron chi connectivity index (χ0n) is 11.0. The largest absolute Gasteiger partial charge is 0.398 e. The normalized spacial score (nSPS) is 23.9. The fraction of sp³-hybridized carbons (Fsp3) is 0.462. The fourth-order valence-electron chi connectivity index (χ4n) is 2.91. The van der Waals surface area contributed by atoms with Crippen molar-refractivity contribution in [1.29, 1.82) is 0 Å². The standard InChI is InChI=1S/C13H17N3O3S/c14-11-3-1-2-4-12(11)20(18,19)15-7-8-16-10(9-15)5-6-13(16)17/h1-4,10H,5-9,14H2. The first kappa shape index (κ1) is 13.4. The molecule has 2 saturated heterocycles. The molecule has 0 radical (unpaired) electrons. The van der Waals surface area contributed by atoms with Gasteiger partial charge in [-0.1, -0.05) is 12.1 Å². The van der Waals surface area contributed by atoms with Crippen molar-refractivity contribution in [3.63, 3.8) is 0 Å². The minimum absolute atomic E-state index is 0.0101. The van der Waals surface area contributed by atoms with Crippen molar-refractivity contribution in [2.75, 3.05) is 25.4 Å². The first-order valence-electron chi connectivity index (χ1n) is 6.64. The summed E-state index contributed by atoms with van der Waals surface area (Å²) in [5, 5.41) is 0. The molecule has 2 aliphatic rings. The topological polar surface area (TPSA) is 83.7 Å². The number of fused-ring (bicyclic) bond motifs is 1. The maximum absolute atomic E-state index is 12.6. The Labute approximate surface area is 118 Å². The van der Waals surface area contributed by atoms with Crippen molar-refractivity contribution in [2.24, 2.45) is 0 Å². The summed E-state index contributed by atoms with van der Waals surface area (Å²) in [7, 11) is -3.58. The summed E-state index contributed by atoms with van der Waals surface area (Å²) in [5.74, 6) is 0.131. The van der Waals surface area contributed by atoms with Gasteiger partial charge in [-0.2, -0.15) is 4.31 Å². The second kappa shape index (κ2) is 4.75. The molecule has 1 amide bonds. The predicted molar refractivity (Wildman–Crippen MR) is 74.3 cm³/mol. The van der Waals surface area contributed by atoms with Gasteiger partial charge < -0.3 is 10.6 Å². The highest BCUT2D eigenvalue weighted by Gasteiger charge is 2.39. The van der Waals surface area contributed by atoms with Crippen LogP contribution in [0.15, 0.2) is 29.2 Å². The number of hydrogen-bond donors (Lipinski definition) is 1. The summed E-state index contributed by atoms with van der Waals surface area (Å²) in [4.78, 5) is 13.6. The number of anilines is 1. The number of carbonyl (C=O) groups is 1. The van der Waals surface area contributed by atoms with E-state index >= 15 is 0 Å². The van der Waals surface area contributed by atoms with Crippen molar-refractivity contribution in [3.8, 4) is 0 Å². The third-order valence-electron chi connectivity index (χ3n) is 3.99. The van der Waals surface area contributed by atoms with E-state index in [2.05, 4.69) is 0 Å². The van der Waals surface area contributed by atoms with Gasteiger partial charge in [-0.25, -0.2) is 8.42 Å². The Bertz CT molecular complexity index is 644. The van der Waals surface area contributed by atoms with E-state index in [1.165, 1.54) is 10.4 Å². The van der Waals surface area contributed by atoms with E-state index in [-0.39, 0.29) is 22.5 Å². The number of nitrogens with two attached hydrogens (primary N) is 1. The summed E-state index contributed by atoms with van der Waals surface area (Å²) < 4.78 is 26.7. The zero-order chi connectivity index (χ0) is 14.3. The summed E-state index contributed by atoms with van der Waals surface area (Å²) >= 11 is 0. The van der Waals surface area contributed by atoms with Gasteiger partial charge in [0.25, 0.3) is 0 Å². The molecule has 2 fully saturated rings. The van der Waals surface area contributed by atoms with E-state index < -0.39 is 10.0 Å². The van der Waals surface area contributed by atoms with Crippen LogP contribution in [-0.4, -0.2) is 49.2 Å². The molecule has 0 saturated carbocycles. The van der Waals surface area contributed by atoms with Gasteiger partial charge in [-0.05, 0) is 18.6 Å². The van der Waals surface area contributed by atoms with Crippen LogP contribution in [0.2, 0.25) is 0 Å². The summed E-state index contributed by atoms with van der Waals surface area (Å²) in [6.07, 6.45) is 1.25. The summed E-state index contributed by atoms with van der Waals surface area (Å²) in [5.41, 5.74) is 6.03. The molecule has 2 aliphatic heterocycles. The number of para-hydroxylation sites is 1. The summed E-state index contributed by atoms with van der Waals surface area (Å²) in [6.45, 7) is 1.16. The lowest BCUT2D eigenvalue weighted by atomic mass is 10.2. The molecule has 2 N–H and O–H groups in total. The Morgan fingerprint density at radius 2 is 1.95 bits per heavy atom. The van der Waals surface area contributed by atoms with Crippen molar-refractivity contribution < 1.29 is 13.2 Å². The first-order valence-corrected chi connectivity index (χ1v) is 8.08. The fourth-order valence-corrected chi connectivity index (χ4v) is 4.49. The third-order valence-corrected chi connectivity index (χ3v) is 5.93.